The predicted molar refractivity (Wildman–Crippen MR) is 136 cm³/mol. The van der Waals surface area contributed by atoms with Crippen LogP contribution in [0.1, 0.15) is 68.4 Å². The molecule has 4 aromatic heterocycles. The van der Waals surface area contributed by atoms with Gasteiger partial charge in [-0.25, -0.2) is 15.0 Å². The van der Waals surface area contributed by atoms with E-state index in [1.165, 1.54) is 12.6 Å². The van der Waals surface area contributed by atoms with E-state index in [1.54, 1.807) is 12.3 Å². The maximum absolute atomic E-state index is 13.5. The van der Waals surface area contributed by atoms with Crippen LogP contribution >= 0.6 is 0 Å². The molecule has 0 radical (unpaired) electrons. The number of hydrogen-bond donors (Lipinski definition) is 3. The molecule has 1 saturated carbocycles. The van der Waals surface area contributed by atoms with Gasteiger partial charge in [0.25, 0.3) is 0 Å². The van der Waals surface area contributed by atoms with Crippen LogP contribution in [-0.2, 0) is 6.18 Å². The number of alkyl halides is 3. The van der Waals surface area contributed by atoms with E-state index in [0.717, 1.165) is 55.1 Å². The Bertz CT molecular complexity index is 1470. The van der Waals surface area contributed by atoms with Crippen LogP contribution in [0.3, 0.4) is 0 Å². The van der Waals surface area contributed by atoms with Crippen LogP contribution in [0, 0.1) is 11.3 Å². The van der Waals surface area contributed by atoms with Gasteiger partial charge in [0.05, 0.1) is 23.4 Å². The third-order valence-electron chi connectivity index (χ3n) is 8.25. The molecule has 5 heterocycles. The molecule has 6 rings (SSSR count). The monoisotopic (exact) mass is 509 g/mol. The fourth-order valence-corrected chi connectivity index (χ4v) is 5.95. The number of rotatable bonds is 4. The number of H-pyrrole nitrogens is 1. The third kappa shape index (κ3) is 4.16. The van der Waals surface area contributed by atoms with Gasteiger partial charge in [-0.3, -0.25) is 4.98 Å². The SMILES string of the molecule is CC1(C)CNCCC1C(N)c1nc(-c2ccnc3[nH]c(C(F)(F)F)cc23)nc2cncc(C3CCC3)c12. The molecule has 194 valence electrons. The maximum Gasteiger partial charge on any atom is 0.431 e. The van der Waals surface area contributed by atoms with E-state index in [9.17, 15) is 13.2 Å². The molecule has 7 nitrogen and oxygen atoms in total. The molecule has 2 atom stereocenters. The van der Waals surface area contributed by atoms with Crippen LogP contribution in [0.4, 0.5) is 13.2 Å². The van der Waals surface area contributed by atoms with E-state index in [0.29, 0.717) is 28.2 Å². The largest absolute Gasteiger partial charge is 0.431 e. The molecule has 0 amide bonds. The van der Waals surface area contributed by atoms with E-state index in [1.807, 2.05) is 6.20 Å². The minimum Gasteiger partial charge on any atom is -0.336 e. The number of aromatic nitrogens is 5. The minimum atomic E-state index is -4.52. The molecular formula is C27H30F3N7. The van der Waals surface area contributed by atoms with Crippen LogP contribution in [0.2, 0.25) is 0 Å². The van der Waals surface area contributed by atoms with Gasteiger partial charge in [-0.1, -0.05) is 20.3 Å². The molecule has 4 N–H and O–H groups in total. The van der Waals surface area contributed by atoms with Crippen molar-refractivity contribution in [3.05, 3.63) is 47.7 Å². The average molecular weight is 510 g/mol. The molecule has 0 aromatic carbocycles. The summed E-state index contributed by atoms with van der Waals surface area (Å²) in [6.07, 6.45) is 4.83. The van der Waals surface area contributed by atoms with Gasteiger partial charge in [-0.05, 0) is 60.8 Å². The van der Waals surface area contributed by atoms with Crippen molar-refractivity contribution < 1.29 is 13.2 Å². The zero-order valence-electron chi connectivity index (χ0n) is 20.9. The summed E-state index contributed by atoms with van der Waals surface area (Å²) in [4.78, 5) is 20.8. The molecule has 37 heavy (non-hydrogen) atoms. The lowest BCUT2D eigenvalue weighted by molar-refractivity contribution is -0.140. The molecule has 1 aliphatic carbocycles. The highest BCUT2D eigenvalue weighted by Crippen LogP contribution is 2.45. The van der Waals surface area contributed by atoms with E-state index in [2.05, 4.69) is 34.1 Å². The summed E-state index contributed by atoms with van der Waals surface area (Å²) in [5.41, 5.74) is 9.30. The van der Waals surface area contributed by atoms with Crippen LogP contribution < -0.4 is 11.1 Å². The number of pyridine rings is 2. The number of nitrogens with two attached hydrogens (primary N) is 1. The summed E-state index contributed by atoms with van der Waals surface area (Å²) < 4.78 is 40.4. The quantitative estimate of drug-likeness (QED) is 0.336. The van der Waals surface area contributed by atoms with Gasteiger partial charge in [-0.2, -0.15) is 13.2 Å². The highest BCUT2D eigenvalue weighted by Gasteiger charge is 2.39. The van der Waals surface area contributed by atoms with Crippen molar-refractivity contribution in [1.82, 2.24) is 30.2 Å². The molecule has 4 aromatic rings. The van der Waals surface area contributed by atoms with E-state index in [-0.39, 0.29) is 23.0 Å². The first kappa shape index (κ1) is 24.2. The summed E-state index contributed by atoms with van der Waals surface area (Å²) in [7, 11) is 0. The van der Waals surface area contributed by atoms with Gasteiger partial charge in [0.15, 0.2) is 5.82 Å². The second-order valence-corrected chi connectivity index (χ2v) is 11.1. The molecule has 2 unspecified atom stereocenters. The molecule has 2 fully saturated rings. The van der Waals surface area contributed by atoms with Crippen molar-refractivity contribution in [3.63, 3.8) is 0 Å². The van der Waals surface area contributed by atoms with E-state index < -0.39 is 11.9 Å². The second kappa shape index (κ2) is 8.73. The van der Waals surface area contributed by atoms with Gasteiger partial charge in [0.1, 0.15) is 11.3 Å². The Morgan fingerprint density at radius 2 is 1.95 bits per heavy atom. The minimum absolute atomic E-state index is 0.0506. The van der Waals surface area contributed by atoms with Crippen molar-refractivity contribution in [1.29, 1.82) is 0 Å². The fraction of sp³-hybridized carbons (Fsp3) is 0.481. The Labute approximate surface area is 212 Å². The van der Waals surface area contributed by atoms with Crippen molar-refractivity contribution in [2.24, 2.45) is 17.1 Å². The Morgan fingerprint density at radius 3 is 2.65 bits per heavy atom. The number of fused-ring (bicyclic) bond motifs is 2. The zero-order chi connectivity index (χ0) is 25.9. The first-order valence-corrected chi connectivity index (χ1v) is 12.8. The summed E-state index contributed by atoms with van der Waals surface area (Å²) >= 11 is 0. The topological polar surface area (TPSA) is 105 Å². The molecule has 2 aliphatic rings. The van der Waals surface area contributed by atoms with Crippen molar-refractivity contribution >= 4 is 21.9 Å². The molecular weight excluding hydrogens is 479 g/mol. The first-order chi connectivity index (χ1) is 17.6. The van der Waals surface area contributed by atoms with Crippen LogP contribution in [0.25, 0.3) is 33.3 Å². The predicted octanol–water partition coefficient (Wildman–Crippen LogP) is 5.49. The molecule has 0 bridgehead atoms. The number of piperidine rings is 1. The average Bonchev–Trinajstić information content (AvgIpc) is 3.27. The van der Waals surface area contributed by atoms with Crippen LogP contribution in [0.5, 0.6) is 0 Å². The lowest BCUT2D eigenvalue weighted by Crippen LogP contribution is -2.47. The van der Waals surface area contributed by atoms with Crippen molar-refractivity contribution in [3.8, 4) is 11.4 Å². The highest BCUT2D eigenvalue weighted by atomic mass is 19.4. The standard InChI is InChI=1S/C27H30F3N7/c1-26(2)13-32-8-7-18(26)22(31)23-21-17(14-4-3-5-14)11-33-12-19(21)35-25(37-23)15-6-9-34-24-16(15)10-20(36-24)27(28,29)30/h6,9-12,14,18,22,32H,3-5,7-8,13,31H2,1-2H3,(H,34,36). The van der Waals surface area contributed by atoms with Gasteiger partial charge in [0.2, 0.25) is 0 Å². The molecule has 0 spiro atoms. The number of aromatic amines is 1. The smallest absolute Gasteiger partial charge is 0.336 e. The fourth-order valence-electron chi connectivity index (χ4n) is 5.95. The van der Waals surface area contributed by atoms with Crippen LogP contribution in [0.15, 0.2) is 30.7 Å². The zero-order valence-corrected chi connectivity index (χ0v) is 20.9. The molecule has 1 aliphatic heterocycles. The Kier molecular flexibility index (Phi) is 5.72. The van der Waals surface area contributed by atoms with E-state index in [4.69, 9.17) is 15.7 Å². The van der Waals surface area contributed by atoms with Gasteiger partial charge in [-0.15, -0.1) is 0 Å². The number of hydrogen-bond acceptors (Lipinski definition) is 6. The lowest BCUT2D eigenvalue weighted by atomic mass is 9.69. The van der Waals surface area contributed by atoms with Gasteiger partial charge < -0.3 is 16.0 Å². The van der Waals surface area contributed by atoms with Crippen molar-refractivity contribution in [2.45, 2.75) is 57.7 Å². The summed E-state index contributed by atoms with van der Waals surface area (Å²) in [6, 6.07) is 2.37. The summed E-state index contributed by atoms with van der Waals surface area (Å²) in [5, 5.41) is 4.73. The Hall–Kier alpha value is -3.11. The van der Waals surface area contributed by atoms with E-state index >= 15 is 0 Å². The Balaban J connectivity index is 1.57. The highest BCUT2D eigenvalue weighted by molar-refractivity contribution is 5.94. The van der Waals surface area contributed by atoms with Gasteiger partial charge >= 0.3 is 6.18 Å². The lowest BCUT2D eigenvalue weighted by Gasteiger charge is -2.42. The summed E-state index contributed by atoms with van der Waals surface area (Å²) in [5.74, 6) is 0.894. The maximum atomic E-state index is 13.5. The third-order valence-corrected chi connectivity index (χ3v) is 8.25. The second-order valence-electron chi connectivity index (χ2n) is 11.1. The number of halogens is 3. The molecule has 1 saturated heterocycles. The van der Waals surface area contributed by atoms with Crippen LogP contribution in [-0.4, -0.2) is 38.0 Å². The van der Waals surface area contributed by atoms with Gasteiger partial charge in [0, 0.05) is 35.3 Å². The van der Waals surface area contributed by atoms with Crippen molar-refractivity contribution in [2.75, 3.05) is 13.1 Å². The summed E-state index contributed by atoms with van der Waals surface area (Å²) in [6.45, 7) is 6.16. The molecule has 10 heteroatoms. The number of nitrogens with one attached hydrogen (secondary N) is 2. The first-order valence-electron chi connectivity index (χ1n) is 12.8. The Morgan fingerprint density at radius 1 is 1.14 bits per heavy atom. The normalized spacial score (nSPS) is 21.3. The number of nitrogens with zero attached hydrogens (tertiary/aromatic N) is 4.